The van der Waals surface area contributed by atoms with Crippen LogP contribution in [0.2, 0.25) is 0 Å². The number of aromatic nitrogens is 4. The van der Waals surface area contributed by atoms with Gasteiger partial charge in [0, 0.05) is 29.3 Å². The Morgan fingerprint density at radius 2 is 1.87 bits per heavy atom. The fraction of sp³-hybridized carbons (Fsp3) is 0.273. The van der Waals surface area contributed by atoms with Crippen molar-refractivity contribution in [1.29, 1.82) is 0 Å². The second-order valence-corrected chi connectivity index (χ2v) is 7.17. The number of methoxy groups -OCH3 is 2. The standard InChI is InChI=1S/C22H23N5O3/c1-12(2)20-26-22(30-27-20)16-11-23-21-15(8-6-13(3)24-21)19(16)25-17-10-14(28-4)7-9-18(17)29-5/h6-12H,1-5H3,(H,23,24,25). The summed E-state index contributed by atoms with van der Waals surface area (Å²) in [5, 5.41) is 8.37. The van der Waals surface area contributed by atoms with Gasteiger partial charge in [0.1, 0.15) is 11.5 Å². The lowest BCUT2D eigenvalue weighted by Crippen LogP contribution is -2.01. The summed E-state index contributed by atoms with van der Waals surface area (Å²) in [6.07, 6.45) is 1.70. The molecule has 4 rings (SSSR count). The monoisotopic (exact) mass is 405 g/mol. The smallest absolute Gasteiger partial charge is 0.261 e. The lowest BCUT2D eigenvalue weighted by molar-refractivity contribution is 0.405. The fourth-order valence-corrected chi connectivity index (χ4v) is 3.09. The van der Waals surface area contributed by atoms with Crippen LogP contribution in [0.5, 0.6) is 11.5 Å². The van der Waals surface area contributed by atoms with Crippen LogP contribution in [-0.4, -0.2) is 34.3 Å². The van der Waals surface area contributed by atoms with Gasteiger partial charge < -0.3 is 19.3 Å². The fourth-order valence-electron chi connectivity index (χ4n) is 3.09. The maximum Gasteiger partial charge on any atom is 0.261 e. The molecule has 0 saturated heterocycles. The van der Waals surface area contributed by atoms with Crippen molar-refractivity contribution in [1.82, 2.24) is 20.1 Å². The minimum Gasteiger partial charge on any atom is -0.497 e. The number of fused-ring (bicyclic) bond motifs is 1. The van der Waals surface area contributed by atoms with Gasteiger partial charge in [-0.1, -0.05) is 19.0 Å². The number of rotatable bonds is 6. The Morgan fingerprint density at radius 3 is 2.57 bits per heavy atom. The first-order valence-electron chi connectivity index (χ1n) is 9.59. The summed E-state index contributed by atoms with van der Waals surface area (Å²) >= 11 is 0. The zero-order chi connectivity index (χ0) is 21.3. The van der Waals surface area contributed by atoms with E-state index >= 15 is 0 Å². The van der Waals surface area contributed by atoms with E-state index in [1.165, 1.54) is 0 Å². The number of nitrogens with zero attached hydrogens (tertiary/aromatic N) is 4. The maximum absolute atomic E-state index is 5.55. The van der Waals surface area contributed by atoms with Gasteiger partial charge in [-0.25, -0.2) is 9.97 Å². The first kappa shape index (κ1) is 19.6. The molecule has 1 N–H and O–H groups in total. The number of ether oxygens (including phenoxy) is 2. The molecule has 8 heteroatoms. The third-order valence-electron chi connectivity index (χ3n) is 4.72. The molecule has 8 nitrogen and oxygen atoms in total. The number of hydrogen-bond acceptors (Lipinski definition) is 8. The van der Waals surface area contributed by atoms with Gasteiger partial charge in [-0.05, 0) is 31.2 Å². The van der Waals surface area contributed by atoms with Gasteiger partial charge in [-0.15, -0.1) is 0 Å². The molecule has 0 atom stereocenters. The number of hydrogen-bond donors (Lipinski definition) is 1. The van der Waals surface area contributed by atoms with Crippen LogP contribution in [-0.2, 0) is 0 Å². The van der Waals surface area contributed by atoms with E-state index in [2.05, 4.69) is 25.4 Å². The van der Waals surface area contributed by atoms with Crippen molar-refractivity contribution >= 4 is 22.4 Å². The Balaban J connectivity index is 1.92. The van der Waals surface area contributed by atoms with Gasteiger partial charge in [-0.3, -0.25) is 0 Å². The van der Waals surface area contributed by atoms with Crippen LogP contribution >= 0.6 is 0 Å². The van der Waals surface area contributed by atoms with Crippen molar-refractivity contribution in [3.8, 4) is 23.0 Å². The Bertz CT molecular complexity index is 1200. The van der Waals surface area contributed by atoms with Gasteiger partial charge in [0.15, 0.2) is 11.5 Å². The highest BCUT2D eigenvalue weighted by Crippen LogP contribution is 2.38. The summed E-state index contributed by atoms with van der Waals surface area (Å²) in [6, 6.07) is 9.46. The van der Waals surface area contributed by atoms with Crippen LogP contribution < -0.4 is 14.8 Å². The molecule has 0 aliphatic carbocycles. The first-order chi connectivity index (χ1) is 14.5. The van der Waals surface area contributed by atoms with Crippen molar-refractivity contribution in [2.24, 2.45) is 0 Å². The number of benzene rings is 1. The highest BCUT2D eigenvalue weighted by Gasteiger charge is 2.20. The van der Waals surface area contributed by atoms with E-state index in [1.54, 1.807) is 20.4 Å². The SMILES string of the molecule is COc1ccc(OC)c(Nc2c(-c3nc(C(C)C)no3)cnc3nc(C)ccc23)c1. The molecule has 0 spiro atoms. The van der Waals surface area contributed by atoms with E-state index in [1.807, 2.05) is 51.1 Å². The van der Waals surface area contributed by atoms with E-state index in [0.29, 0.717) is 34.4 Å². The highest BCUT2D eigenvalue weighted by atomic mass is 16.5. The summed E-state index contributed by atoms with van der Waals surface area (Å²) in [7, 11) is 3.24. The Hall–Kier alpha value is -3.68. The Labute approximate surface area is 174 Å². The highest BCUT2D eigenvalue weighted by molar-refractivity contribution is 5.98. The molecule has 0 unspecified atom stereocenters. The minimum absolute atomic E-state index is 0.148. The molecule has 0 amide bonds. The van der Waals surface area contributed by atoms with Gasteiger partial charge in [-0.2, -0.15) is 4.98 Å². The molecule has 30 heavy (non-hydrogen) atoms. The number of anilines is 2. The van der Waals surface area contributed by atoms with Gasteiger partial charge in [0.25, 0.3) is 5.89 Å². The molecule has 4 aromatic rings. The van der Waals surface area contributed by atoms with Crippen molar-refractivity contribution in [2.45, 2.75) is 26.7 Å². The van der Waals surface area contributed by atoms with Crippen LogP contribution in [0.3, 0.4) is 0 Å². The molecule has 3 aromatic heterocycles. The molecule has 0 bridgehead atoms. The lowest BCUT2D eigenvalue weighted by Gasteiger charge is -2.16. The van der Waals surface area contributed by atoms with Gasteiger partial charge >= 0.3 is 0 Å². The zero-order valence-corrected chi connectivity index (χ0v) is 17.6. The summed E-state index contributed by atoms with van der Waals surface area (Å²) in [6.45, 7) is 5.96. The van der Waals surface area contributed by atoms with Crippen LogP contribution in [0.15, 0.2) is 41.1 Å². The Kier molecular flexibility index (Phi) is 5.22. The molecule has 1 aromatic carbocycles. The van der Waals surface area contributed by atoms with Crippen molar-refractivity contribution < 1.29 is 14.0 Å². The average Bonchev–Trinajstić information content (AvgIpc) is 3.24. The molecule has 0 saturated carbocycles. The van der Waals surface area contributed by atoms with Crippen molar-refractivity contribution in [3.63, 3.8) is 0 Å². The molecule has 3 heterocycles. The van der Waals surface area contributed by atoms with Crippen molar-refractivity contribution in [2.75, 3.05) is 19.5 Å². The predicted octanol–water partition coefficient (Wildman–Crippen LogP) is 4.87. The summed E-state index contributed by atoms with van der Waals surface area (Å²) in [4.78, 5) is 13.6. The molecule has 154 valence electrons. The predicted molar refractivity (Wildman–Crippen MR) is 114 cm³/mol. The van der Waals surface area contributed by atoms with Crippen LogP contribution in [0.4, 0.5) is 11.4 Å². The quantitative estimate of drug-likeness (QED) is 0.485. The van der Waals surface area contributed by atoms with E-state index in [0.717, 1.165) is 22.5 Å². The molecular formula is C22H23N5O3. The lowest BCUT2D eigenvalue weighted by atomic mass is 10.1. The molecule has 0 aliphatic rings. The third-order valence-corrected chi connectivity index (χ3v) is 4.72. The minimum atomic E-state index is 0.148. The van der Waals surface area contributed by atoms with E-state index in [-0.39, 0.29) is 5.92 Å². The van der Waals surface area contributed by atoms with E-state index < -0.39 is 0 Å². The molecule has 0 radical (unpaired) electrons. The normalized spacial score (nSPS) is 11.1. The van der Waals surface area contributed by atoms with Gasteiger partial charge in [0.2, 0.25) is 0 Å². The van der Waals surface area contributed by atoms with Crippen LogP contribution in [0, 0.1) is 6.92 Å². The van der Waals surface area contributed by atoms with Gasteiger partial charge in [0.05, 0.1) is 31.2 Å². The number of nitrogens with one attached hydrogen (secondary N) is 1. The number of aryl methyl sites for hydroxylation is 1. The second kappa shape index (κ2) is 7.98. The summed E-state index contributed by atoms with van der Waals surface area (Å²) in [5.41, 5.74) is 3.66. The topological polar surface area (TPSA) is 95.2 Å². The average molecular weight is 405 g/mol. The molecular weight excluding hydrogens is 382 g/mol. The number of pyridine rings is 2. The first-order valence-corrected chi connectivity index (χ1v) is 9.59. The largest absolute Gasteiger partial charge is 0.497 e. The van der Waals surface area contributed by atoms with Crippen molar-refractivity contribution in [3.05, 3.63) is 48.0 Å². The van der Waals surface area contributed by atoms with E-state index in [9.17, 15) is 0 Å². The third kappa shape index (κ3) is 3.63. The second-order valence-electron chi connectivity index (χ2n) is 7.17. The zero-order valence-electron chi connectivity index (χ0n) is 17.6. The summed E-state index contributed by atoms with van der Waals surface area (Å²) in [5.74, 6) is 2.54. The maximum atomic E-state index is 5.55. The molecule has 0 fully saturated rings. The van der Waals surface area contributed by atoms with Crippen LogP contribution in [0.25, 0.3) is 22.5 Å². The Morgan fingerprint density at radius 1 is 1.03 bits per heavy atom. The molecule has 0 aliphatic heterocycles. The van der Waals surface area contributed by atoms with E-state index in [4.69, 9.17) is 14.0 Å². The summed E-state index contributed by atoms with van der Waals surface area (Å²) < 4.78 is 16.5. The van der Waals surface area contributed by atoms with Crippen LogP contribution in [0.1, 0.15) is 31.3 Å².